The van der Waals surface area contributed by atoms with Crippen molar-refractivity contribution in [1.82, 2.24) is 15.5 Å². The number of methoxy groups -OCH3 is 3. The lowest BCUT2D eigenvalue weighted by molar-refractivity contribution is -0.139. The van der Waals surface area contributed by atoms with Gasteiger partial charge in [0.2, 0.25) is 0 Å². The Morgan fingerprint density at radius 3 is 2.32 bits per heavy atom. The summed E-state index contributed by atoms with van der Waals surface area (Å²) in [5, 5.41) is 5.73. The Kier molecular flexibility index (Phi) is 8.39. The molecule has 10 heteroatoms. The average molecular weight is 511 g/mol. The topological polar surface area (TPSA) is 102 Å². The number of carbonyl (C=O) groups excluding carboxylic acids is 2. The molecule has 0 unspecified atom stereocenters. The van der Waals surface area contributed by atoms with E-state index in [0.717, 1.165) is 37.6 Å². The van der Waals surface area contributed by atoms with Gasteiger partial charge in [0, 0.05) is 44.0 Å². The molecule has 2 heterocycles. The number of amides is 2. The highest BCUT2D eigenvalue weighted by molar-refractivity contribution is 5.95. The SMILES string of the molecule is CCOC(=O)C1=C(CN2CCN(c3ccccc3OC)CC2)NC(=O)N[C@@H]1c1cccc(OC)c1OC. The molecule has 1 atom stereocenters. The molecule has 198 valence electrons. The van der Waals surface area contributed by atoms with Crippen molar-refractivity contribution < 1.29 is 28.5 Å². The molecule has 0 aromatic heterocycles. The van der Waals surface area contributed by atoms with Crippen molar-refractivity contribution >= 4 is 17.7 Å². The first-order valence-corrected chi connectivity index (χ1v) is 12.3. The van der Waals surface area contributed by atoms with Crippen molar-refractivity contribution in [3.8, 4) is 17.2 Å². The van der Waals surface area contributed by atoms with Gasteiger partial charge in [0.25, 0.3) is 0 Å². The summed E-state index contributed by atoms with van der Waals surface area (Å²) >= 11 is 0. The van der Waals surface area contributed by atoms with Gasteiger partial charge < -0.3 is 34.5 Å². The summed E-state index contributed by atoms with van der Waals surface area (Å²) in [6.07, 6.45) is 0. The van der Waals surface area contributed by atoms with Gasteiger partial charge in [-0.05, 0) is 25.1 Å². The minimum Gasteiger partial charge on any atom is -0.495 e. The Bertz CT molecular complexity index is 1160. The zero-order chi connectivity index (χ0) is 26.4. The third kappa shape index (κ3) is 5.59. The molecule has 2 aromatic carbocycles. The van der Waals surface area contributed by atoms with Crippen LogP contribution in [0.4, 0.5) is 10.5 Å². The van der Waals surface area contributed by atoms with Gasteiger partial charge in [-0.2, -0.15) is 0 Å². The van der Waals surface area contributed by atoms with Crippen molar-refractivity contribution in [3.05, 3.63) is 59.3 Å². The molecule has 0 aliphatic carbocycles. The number of piperazine rings is 1. The van der Waals surface area contributed by atoms with Gasteiger partial charge in [0.1, 0.15) is 5.75 Å². The third-order valence-electron chi connectivity index (χ3n) is 6.57. The summed E-state index contributed by atoms with van der Waals surface area (Å²) in [5.74, 6) is 1.30. The molecule has 2 aliphatic heterocycles. The van der Waals surface area contributed by atoms with Crippen LogP contribution in [0.25, 0.3) is 0 Å². The number of benzene rings is 2. The van der Waals surface area contributed by atoms with E-state index in [2.05, 4.69) is 26.5 Å². The average Bonchev–Trinajstić information content (AvgIpc) is 2.92. The van der Waals surface area contributed by atoms with Crippen molar-refractivity contribution in [1.29, 1.82) is 0 Å². The Hall–Kier alpha value is -3.92. The van der Waals surface area contributed by atoms with Crippen molar-refractivity contribution in [2.45, 2.75) is 13.0 Å². The first-order valence-electron chi connectivity index (χ1n) is 12.3. The molecule has 2 amide bonds. The molecule has 0 bridgehead atoms. The van der Waals surface area contributed by atoms with E-state index >= 15 is 0 Å². The first-order chi connectivity index (χ1) is 18.0. The fraction of sp³-hybridized carbons (Fsp3) is 0.407. The Labute approximate surface area is 217 Å². The Balaban J connectivity index is 1.62. The number of hydrogen-bond donors (Lipinski definition) is 2. The van der Waals surface area contributed by atoms with E-state index in [0.29, 0.717) is 34.9 Å². The smallest absolute Gasteiger partial charge is 0.338 e. The van der Waals surface area contributed by atoms with Crippen LogP contribution in [-0.2, 0) is 9.53 Å². The number of nitrogens with zero attached hydrogens (tertiary/aromatic N) is 2. The Morgan fingerprint density at radius 1 is 0.946 bits per heavy atom. The number of anilines is 1. The summed E-state index contributed by atoms with van der Waals surface area (Å²) < 4.78 is 22.0. The molecule has 1 saturated heterocycles. The molecule has 1 fully saturated rings. The fourth-order valence-corrected chi connectivity index (χ4v) is 4.83. The maximum absolute atomic E-state index is 13.2. The molecule has 4 rings (SSSR count). The predicted molar refractivity (Wildman–Crippen MR) is 139 cm³/mol. The molecule has 0 radical (unpaired) electrons. The maximum Gasteiger partial charge on any atom is 0.338 e. The number of nitrogens with one attached hydrogen (secondary N) is 2. The normalized spacial score (nSPS) is 18.1. The number of urea groups is 1. The maximum atomic E-state index is 13.2. The van der Waals surface area contributed by atoms with Crippen LogP contribution in [0, 0.1) is 0 Å². The van der Waals surface area contributed by atoms with Crippen LogP contribution in [0.3, 0.4) is 0 Å². The summed E-state index contributed by atoms with van der Waals surface area (Å²) in [6, 6.07) is 12.2. The summed E-state index contributed by atoms with van der Waals surface area (Å²) in [5.41, 5.74) is 2.53. The number of carbonyl (C=O) groups is 2. The Morgan fingerprint density at radius 2 is 1.65 bits per heavy atom. The van der Waals surface area contributed by atoms with Crippen molar-refractivity contribution in [2.75, 3.05) is 65.6 Å². The summed E-state index contributed by atoms with van der Waals surface area (Å²) in [6.45, 7) is 5.41. The summed E-state index contributed by atoms with van der Waals surface area (Å²) in [7, 11) is 4.74. The second kappa shape index (κ2) is 11.9. The van der Waals surface area contributed by atoms with E-state index in [1.165, 1.54) is 7.11 Å². The highest BCUT2D eigenvalue weighted by Gasteiger charge is 2.36. The molecule has 2 N–H and O–H groups in total. The van der Waals surface area contributed by atoms with Crippen LogP contribution in [-0.4, -0.2) is 77.6 Å². The minimum absolute atomic E-state index is 0.211. The number of rotatable bonds is 9. The van der Waals surface area contributed by atoms with Crippen LogP contribution >= 0.6 is 0 Å². The monoisotopic (exact) mass is 510 g/mol. The molecule has 0 saturated carbocycles. The third-order valence-corrected chi connectivity index (χ3v) is 6.57. The quantitative estimate of drug-likeness (QED) is 0.497. The van der Waals surface area contributed by atoms with Gasteiger partial charge in [-0.1, -0.05) is 24.3 Å². The first kappa shape index (κ1) is 26.2. The predicted octanol–water partition coefficient (Wildman–Crippen LogP) is 2.71. The highest BCUT2D eigenvalue weighted by atomic mass is 16.5. The highest BCUT2D eigenvalue weighted by Crippen LogP contribution is 2.39. The number of esters is 1. The molecule has 2 aromatic rings. The van der Waals surface area contributed by atoms with E-state index in [1.807, 2.05) is 18.2 Å². The lowest BCUT2D eigenvalue weighted by Gasteiger charge is -2.38. The number of para-hydroxylation sites is 3. The van der Waals surface area contributed by atoms with E-state index in [1.54, 1.807) is 39.3 Å². The van der Waals surface area contributed by atoms with Gasteiger partial charge in [-0.25, -0.2) is 9.59 Å². The van der Waals surface area contributed by atoms with Gasteiger partial charge in [-0.3, -0.25) is 4.90 Å². The zero-order valence-corrected chi connectivity index (χ0v) is 21.7. The lowest BCUT2D eigenvalue weighted by atomic mass is 9.93. The number of hydrogen-bond acceptors (Lipinski definition) is 8. The van der Waals surface area contributed by atoms with E-state index in [4.69, 9.17) is 18.9 Å². The molecule has 37 heavy (non-hydrogen) atoms. The number of ether oxygens (including phenoxy) is 4. The van der Waals surface area contributed by atoms with Crippen molar-refractivity contribution in [3.63, 3.8) is 0 Å². The molecule has 2 aliphatic rings. The fourth-order valence-electron chi connectivity index (χ4n) is 4.83. The van der Waals surface area contributed by atoms with Crippen LogP contribution < -0.4 is 29.7 Å². The van der Waals surface area contributed by atoms with E-state index in [-0.39, 0.29) is 6.61 Å². The van der Waals surface area contributed by atoms with E-state index in [9.17, 15) is 9.59 Å². The largest absolute Gasteiger partial charge is 0.495 e. The van der Waals surface area contributed by atoms with Crippen molar-refractivity contribution in [2.24, 2.45) is 0 Å². The molecular formula is C27H34N4O6. The molecular weight excluding hydrogens is 476 g/mol. The second-order valence-corrected chi connectivity index (χ2v) is 8.66. The molecule has 10 nitrogen and oxygen atoms in total. The lowest BCUT2D eigenvalue weighted by Crippen LogP contribution is -2.52. The minimum atomic E-state index is -0.761. The van der Waals surface area contributed by atoms with Gasteiger partial charge in [0.15, 0.2) is 11.5 Å². The van der Waals surface area contributed by atoms with E-state index < -0.39 is 18.0 Å². The van der Waals surface area contributed by atoms with Gasteiger partial charge in [-0.15, -0.1) is 0 Å². The van der Waals surface area contributed by atoms with Crippen LogP contribution in [0.5, 0.6) is 17.2 Å². The van der Waals surface area contributed by atoms with Gasteiger partial charge in [0.05, 0.1) is 45.2 Å². The van der Waals surface area contributed by atoms with Crippen LogP contribution in [0.2, 0.25) is 0 Å². The van der Waals surface area contributed by atoms with Crippen LogP contribution in [0.1, 0.15) is 18.5 Å². The standard InChI is InChI=1S/C27H34N4O6/c1-5-37-26(32)23-19(17-30-13-15-31(16-14-30)20-10-6-7-11-21(20)34-2)28-27(33)29-24(23)18-9-8-12-22(35-3)25(18)36-4/h6-12,24H,5,13-17H2,1-4H3,(H2,28,29,33)/t24-/m1/s1. The van der Waals surface area contributed by atoms with Crippen LogP contribution in [0.15, 0.2) is 53.7 Å². The van der Waals surface area contributed by atoms with Gasteiger partial charge >= 0.3 is 12.0 Å². The second-order valence-electron chi connectivity index (χ2n) is 8.66. The molecule has 0 spiro atoms. The summed E-state index contributed by atoms with van der Waals surface area (Å²) in [4.78, 5) is 30.5. The zero-order valence-electron chi connectivity index (χ0n) is 21.7.